The molecule has 0 spiro atoms. The number of ether oxygens (including phenoxy) is 3. The van der Waals surface area contributed by atoms with Crippen LogP contribution in [0.15, 0.2) is 24.3 Å². The van der Waals surface area contributed by atoms with Crippen LogP contribution in [0, 0.1) is 0 Å². The second-order valence-corrected chi connectivity index (χ2v) is 6.41. The number of nitrogens with one attached hydrogen (secondary N) is 1. The monoisotopic (exact) mass is 365 g/mol. The summed E-state index contributed by atoms with van der Waals surface area (Å²) in [7, 11) is 2.37. The summed E-state index contributed by atoms with van der Waals surface area (Å²) in [5, 5.41) is 2.42. The third-order valence-electron chi connectivity index (χ3n) is 3.13. The number of amides is 1. The molecule has 0 heterocycles. The normalized spacial score (nSPS) is 11.9. The van der Waals surface area contributed by atoms with E-state index >= 15 is 0 Å². The molecule has 0 unspecified atom stereocenters. The van der Waals surface area contributed by atoms with Crippen LogP contribution in [0.5, 0.6) is 0 Å². The van der Waals surface area contributed by atoms with Gasteiger partial charge in [-0.1, -0.05) is 6.07 Å². The third kappa shape index (κ3) is 6.54. The Morgan fingerprint density at radius 2 is 1.65 bits per heavy atom. The minimum Gasteiger partial charge on any atom is -0.467 e. The van der Waals surface area contributed by atoms with Gasteiger partial charge in [0.2, 0.25) is 0 Å². The SMILES string of the molecule is COC(=O)c1cccc(C(=O)N[C@H](CC(=O)OC(C)(C)C)C(=O)OC)c1. The summed E-state index contributed by atoms with van der Waals surface area (Å²) in [6.07, 6.45) is -0.383. The molecule has 0 saturated carbocycles. The van der Waals surface area contributed by atoms with E-state index in [0.717, 1.165) is 7.11 Å². The molecule has 1 atom stereocenters. The van der Waals surface area contributed by atoms with Crippen molar-refractivity contribution < 1.29 is 33.4 Å². The molecule has 142 valence electrons. The van der Waals surface area contributed by atoms with Crippen molar-refractivity contribution in [3.8, 4) is 0 Å². The van der Waals surface area contributed by atoms with Crippen LogP contribution in [0.1, 0.15) is 47.9 Å². The molecule has 8 nitrogen and oxygen atoms in total. The van der Waals surface area contributed by atoms with Gasteiger partial charge in [-0.25, -0.2) is 9.59 Å². The van der Waals surface area contributed by atoms with Crippen molar-refractivity contribution >= 4 is 23.8 Å². The van der Waals surface area contributed by atoms with E-state index in [1.165, 1.54) is 31.4 Å². The second kappa shape index (κ2) is 8.98. The molecule has 1 aromatic rings. The quantitative estimate of drug-likeness (QED) is 0.601. The molecular formula is C18H23NO7. The second-order valence-electron chi connectivity index (χ2n) is 6.41. The average molecular weight is 365 g/mol. The number of benzene rings is 1. The van der Waals surface area contributed by atoms with Gasteiger partial charge in [-0.3, -0.25) is 9.59 Å². The first-order valence-electron chi connectivity index (χ1n) is 7.86. The summed E-state index contributed by atoms with van der Waals surface area (Å²) in [5.74, 6) is -2.68. The topological polar surface area (TPSA) is 108 Å². The Labute approximate surface area is 151 Å². The van der Waals surface area contributed by atoms with Crippen LogP contribution < -0.4 is 5.32 Å². The zero-order valence-electron chi connectivity index (χ0n) is 15.5. The Hall–Kier alpha value is -2.90. The average Bonchev–Trinajstić information content (AvgIpc) is 2.58. The number of hydrogen-bond acceptors (Lipinski definition) is 7. The van der Waals surface area contributed by atoms with Crippen LogP contribution in [0.3, 0.4) is 0 Å². The van der Waals surface area contributed by atoms with E-state index in [4.69, 9.17) is 4.74 Å². The molecule has 1 rings (SSSR count). The molecule has 1 amide bonds. The minimum absolute atomic E-state index is 0.131. The summed E-state index contributed by atoms with van der Waals surface area (Å²) in [6, 6.07) is 4.56. The molecule has 0 aliphatic rings. The highest BCUT2D eigenvalue weighted by Gasteiger charge is 2.28. The first-order chi connectivity index (χ1) is 12.1. The lowest BCUT2D eigenvalue weighted by Crippen LogP contribution is -2.44. The number of esters is 3. The molecule has 0 bridgehead atoms. The highest BCUT2D eigenvalue weighted by molar-refractivity contribution is 6.00. The highest BCUT2D eigenvalue weighted by Crippen LogP contribution is 2.11. The smallest absolute Gasteiger partial charge is 0.337 e. The Kier molecular flexibility index (Phi) is 7.30. The summed E-state index contributed by atoms with van der Waals surface area (Å²) in [4.78, 5) is 47.8. The van der Waals surface area contributed by atoms with Crippen LogP contribution in [-0.2, 0) is 23.8 Å². The molecule has 0 fully saturated rings. The largest absolute Gasteiger partial charge is 0.467 e. The maximum absolute atomic E-state index is 12.4. The zero-order valence-corrected chi connectivity index (χ0v) is 15.5. The molecule has 8 heteroatoms. The predicted molar refractivity (Wildman–Crippen MR) is 91.5 cm³/mol. The Morgan fingerprint density at radius 1 is 1.04 bits per heavy atom. The van der Waals surface area contributed by atoms with Gasteiger partial charge in [0, 0.05) is 5.56 Å². The van der Waals surface area contributed by atoms with E-state index in [0.29, 0.717) is 0 Å². The fraction of sp³-hybridized carbons (Fsp3) is 0.444. The van der Waals surface area contributed by atoms with Gasteiger partial charge in [0.05, 0.1) is 26.2 Å². The van der Waals surface area contributed by atoms with Crippen LogP contribution in [-0.4, -0.2) is 49.7 Å². The van der Waals surface area contributed by atoms with Gasteiger partial charge in [0.15, 0.2) is 0 Å². The molecule has 26 heavy (non-hydrogen) atoms. The molecular weight excluding hydrogens is 342 g/mol. The van der Waals surface area contributed by atoms with E-state index in [9.17, 15) is 19.2 Å². The van der Waals surface area contributed by atoms with E-state index < -0.39 is 35.5 Å². The summed E-state index contributed by atoms with van der Waals surface area (Å²) in [6.45, 7) is 5.07. The lowest BCUT2D eigenvalue weighted by Gasteiger charge is -2.22. The molecule has 0 saturated heterocycles. The number of methoxy groups -OCH3 is 2. The van der Waals surface area contributed by atoms with Crippen molar-refractivity contribution in [2.75, 3.05) is 14.2 Å². The maximum atomic E-state index is 12.4. The van der Waals surface area contributed by atoms with Gasteiger partial charge in [-0.2, -0.15) is 0 Å². The van der Waals surface area contributed by atoms with Crippen molar-refractivity contribution in [1.29, 1.82) is 0 Å². The van der Waals surface area contributed by atoms with Gasteiger partial charge in [-0.05, 0) is 39.0 Å². The molecule has 0 radical (unpaired) electrons. The lowest BCUT2D eigenvalue weighted by atomic mass is 10.1. The third-order valence-corrected chi connectivity index (χ3v) is 3.13. The van der Waals surface area contributed by atoms with E-state index in [2.05, 4.69) is 14.8 Å². The molecule has 1 aromatic carbocycles. The van der Waals surface area contributed by atoms with Crippen molar-refractivity contribution in [2.45, 2.75) is 38.8 Å². The predicted octanol–water partition coefficient (Wildman–Crippen LogP) is 1.48. The molecule has 0 aromatic heterocycles. The lowest BCUT2D eigenvalue weighted by molar-refractivity contribution is -0.158. The maximum Gasteiger partial charge on any atom is 0.337 e. The fourth-order valence-electron chi connectivity index (χ4n) is 2.03. The van der Waals surface area contributed by atoms with E-state index in [1.807, 2.05) is 0 Å². The Balaban J connectivity index is 2.91. The first-order valence-corrected chi connectivity index (χ1v) is 7.86. The van der Waals surface area contributed by atoms with Crippen molar-refractivity contribution in [1.82, 2.24) is 5.32 Å². The summed E-state index contributed by atoms with van der Waals surface area (Å²) >= 11 is 0. The number of rotatable bonds is 6. The summed E-state index contributed by atoms with van der Waals surface area (Å²) in [5.41, 5.74) is -0.413. The highest BCUT2D eigenvalue weighted by atomic mass is 16.6. The van der Waals surface area contributed by atoms with Crippen LogP contribution in [0.25, 0.3) is 0 Å². The Bertz CT molecular complexity index is 691. The number of carbonyl (C=O) groups is 4. The van der Waals surface area contributed by atoms with Gasteiger partial charge in [0.1, 0.15) is 11.6 Å². The van der Waals surface area contributed by atoms with Crippen LogP contribution in [0.2, 0.25) is 0 Å². The van der Waals surface area contributed by atoms with Gasteiger partial charge < -0.3 is 19.5 Å². The molecule has 1 N–H and O–H groups in total. The molecule has 0 aliphatic heterocycles. The van der Waals surface area contributed by atoms with Gasteiger partial charge in [-0.15, -0.1) is 0 Å². The fourth-order valence-corrected chi connectivity index (χ4v) is 2.03. The number of hydrogen-bond donors (Lipinski definition) is 1. The van der Waals surface area contributed by atoms with Crippen LogP contribution in [0.4, 0.5) is 0 Å². The van der Waals surface area contributed by atoms with Crippen molar-refractivity contribution in [2.24, 2.45) is 0 Å². The van der Waals surface area contributed by atoms with Gasteiger partial charge >= 0.3 is 17.9 Å². The van der Waals surface area contributed by atoms with E-state index in [1.54, 1.807) is 20.8 Å². The van der Waals surface area contributed by atoms with Gasteiger partial charge in [0.25, 0.3) is 5.91 Å². The molecule has 0 aliphatic carbocycles. The van der Waals surface area contributed by atoms with Crippen LogP contribution >= 0.6 is 0 Å². The summed E-state index contributed by atoms with van der Waals surface area (Å²) < 4.78 is 14.4. The number of carbonyl (C=O) groups excluding carboxylic acids is 4. The minimum atomic E-state index is -1.22. The van der Waals surface area contributed by atoms with E-state index in [-0.39, 0.29) is 17.5 Å². The standard InChI is InChI=1S/C18H23NO7/c1-18(2,3)26-14(20)10-13(17(23)25-5)19-15(21)11-7-6-8-12(9-11)16(22)24-4/h6-9,13H,10H2,1-5H3,(H,19,21)/t13-/m1/s1. The van der Waals surface area contributed by atoms with Crippen molar-refractivity contribution in [3.05, 3.63) is 35.4 Å². The Morgan fingerprint density at radius 3 is 2.19 bits per heavy atom. The zero-order chi connectivity index (χ0) is 19.9. The first kappa shape index (κ1) is 21.1. The van der Waals surface area contributed by atoms with Crippen molar-refractivity contribution in [3.63, 3.8) is 0 Å².